The van der Waals surface area contributed by atoms with Crippen molar-refractivity contribution >= 4 is 5.84 Å². The van der Waals surface area contributed by atoms with E-state index in [1.807, 2.05) is 24.3 Å². The first-order valence-corrected chi connectivity index (χ1v) is 6.58. The van der Waals surface area contributed by atoms with Gasteiger partial charge in [0.2, 0.25) is 0 Å². The number of nitrogens with zero attached hydrogens (tertiary/aromatic N) is 2. The fourth-order valence-corrected chi connectivity index (χ4v) is 2.46. The Morgan fingerprint density at radius 2 is 2.21 bits per heavy atom. The van der Waals surface area contributed by atoms with Crippen molar-refractivity contribution in [3.8, 4) is 0 Å². The van der Waals surface area contributed by atoms with Crippen molar-refractivity contribution in [1.29, 1.82) is 0 Å². The van der Waals surface area contributed by atoms with Crippen LogP contribution in [0.25, 0.3) is 0 Å². The Morgan fingerprint density at radius 3 is 2.89 bits per heavy atom. The molecule has 4 N–H and O–H groups in total. The van der Waals surface area contributed by atoms with Crippen molar-refractivity contribution in [2.75, 3.05) is 13.1 Å². The second kappa shape index (κ2) is 6.04. The maximum Gasteiger partial charge on any atom is 0.170 e. The number of oxime groups is 1. The van der Waals surface area contributed by atoms with E-state index < -0.39 is 0 Å². The molecule has 2 atom stereocenters. The van der Waals surface area contributed by atoms with Crippen molar-refractivity contribution in [3.63, 3.8) is 0 Å². The van der Waals surface area contributed by atoms with Crippen molar-refractivity contribution < 1.29 is 10.3 Å². The molecule has 0 amide bonds. The molecule has 1 aromatic carbocycles. The number of hydrogen-bond donors (Lipinski definition) is 3. The van der Waals surface area contributed by atoms with E-state index in [0.717, 1.165) is 24.1 Å². The lowest BCUT2D eigenvalue weighted by Gasteiger charge is -2.34. The van der Waals surface area contributed by atoms with Crippen LogP contribution in [0.3, 0.4) is 0 Å². The number of benzene rings is 1. The topological polar surface area (TPSA) is 82.1 Å². The van der Waals surface area contributed by atoms with Gasteiger partial charge in [-0.2, -0.15) is 0 Å². The monoisotopic (exact) mass is 263 g/mol. The van der Waals surface area contributed by atoms with Crippen molar-refractivity contribution in [1.82, 2.24) is 4.90 Å². The molecular weight excluding hydrogens is 242 g/mol. The third kappa shape index (κ3) is 3.24. The summed E-state index contributed by atoms with van der Waals surface area (Å²) in [5.41, 5.74) is 7.44. The number of aliphatic hydroxyl groups is 1. The summed E-state index contributed by atoms with van der Waals surface area (Å²) < 4.78 is 0. The average molecular weight is 263 g/mol. The summed E-state index contributed by atoms with van der Waals surface area (Å²) in [7, 11) is 0. The van der Waals surface area contributed by atoms with Crippen LogP contribution >= 0.6 is 0 Å². The Labute approximate surface area is 113 Å². The molecule has 0 bridgehead atoms. The minimum atomic E-state index is -0.273. The van der Waals surface area contributed by atoms with Gasteiger partial charge in [0.25, 0.3) is 0 Å². The first-order valence-electron chi connectivity index (χ1n) is 6.58. The lowest BCUT2D eigenvalue weighted by atomic mass is 9.95. The van der Waals surface area contributed by atoms with Crippen LogP contribution in [0.15, 0.2) is 29.4 Å². The molecule has 104 valence electrons. The molecule has 0 aromatic heterocycles. The van der Waals surface area contributed by atoms with E-state index in [-0.39, 0.29) is 11.9 Å². The predicted octanol–water partition coefficient (Wildman–Crippen LogP) is 0.984. The quantitative estimate of drug-likeness (QED) is 0.329. The lowest BCUT2D eigenvalue weighted by molar-refractivity contribution is 0.0259. The van der Waals surface area contributed by atoms with Gasteiger partial charge in [0.05, 0.1) is 6.10 Å². The number of nitrogens with two attached hydrogens (primary N) is 1. The summed E-state index contributed by atoms with van der Waals surface area (Å²) in [4.78, 5) is 2.20. The number of piperidine rings is 1. The molecule has 1 fully saturated rings. The maximum atomic E-state index is 9.92. The number of amidine groups is 1. The van der Waals surface area contributed by atoms with Crippen LogP contribution in [0.5, 0.6) is 0 Å². The van der Waals surface area contributed by atoms with Gasteiger partial charge >= 0.3 is 0 Å². The van der Waals surface area contributed by atoms with E-state index in [2.05, 4.69) is 17.0 Å². The molecule has 2 unspecified atom stereocenters. The van der Waals surface area contributed by atoms with Gasteiger partial charge in [0.1, 0.15) is 0 Å². The molecule has 19 heavy (non-hydrogen) atoms. The number of hydrogen-bond acceptors (Lipinski definition) is 4. The fourth-order valence-electron chi connectivity index (χ4n) is 2.46. The zero-order valence-electron chi connectivity index (χ0n) is 11.2. The van der Waals surface area contributed by atoms with E-state index in [1.165, 1.54) is 0 Å². The Balaban J connectivity index is 2.11. The third-order valence-corrected chi connectivity index (χ3v) is 3.80. The average Bonchev–Trinajstić information content (AvgIpc) is 2.43. The summed E-state index contributed by atoms with van der Waals surface area (Å²) in [6.45, 7) is 4.41. The fraction of sp³-hybridized carbons (Fsp3) is 0.500. The van der Waals surface area contributed by atoms with Crippen LogP contribution in [0.2, 0.25) is 0 Å². The van der Waals surface area contributed by atoms with Gasteiger partial charge in [-0.1, -0.05) is 36.3 Å². The number of rotatable bonds is 3. The normalized spacial score (nSPS) is 25.5. The molecule has 5 heteroatoms. The molecule has 0 saturated carbocycles. The van der Waals surface area contributed by atoms with Gasteiger partial charge in [0.15, 0.2) is 5.84 Å². The molecule has 1 aromatic rings. The summed E-state index contributed by atoms with van der Waals surface area (Å²) in [6, 6.07) is 7.61. The minimum Gasteiger partial charge on any atom is -0.409 e. The van der Waals surface area contributed by atoms with E-state index >= 15 is 0 Å². The highest BCUT2D eigenvalue weighted by molar-refractivity contribution is 5.98. The molecule has 0 radical (unpaired) electrons. The molecule has 0 spiro atoms. The highest BCUT2D eigenvalue weighted by atomic mass is 16.4. The van der Waals surface area contributed by atoms with E-state index in [9.17, 15) is 5.11 Å². The summed E-state index contributed by atoms with van der Waals surface area (Å²) in [5.74, 6) is 0.483. The Bertz CT molecular complexity index is 462. The van der Waals surface area contributed by atoms with Crippen LogP contribution in [-0.2, 0) is 6.54 Å². The molecule has 1 saturated heterocycles. The zero-order valence-corrected chi connectivity index (χ0v) is 11.2. The minimum absolute atomic E-state index is 0.126. The predicted molar refractivity (Wildman–Crippen MR) is 74.0 cm³/mol. The van der Waals surface area contributed by atoms with Crippen LogP contribution in [0.1, 0.15) is 24.5 Å². The van der Waals surface area contributed by atoms with Crippen LogP contribution in [0.4, 0.5) is 0 Å². The van der Waals surface area contributed by atoms with E-state index in [4.69, 9.17) is 10.9 Å². The standard InChI is InChI=1S/C14H21N3O2/c1-10-6-7-17(9-13(10)18)8-11-4-2-3-5-12(11)14(15)16-19/h2-5,10,13,18-19H,6-9H2,1H3,(H2,15,16). The molecule has 1 heterocycles. The van der Waals surface area contributed by atoms with Crippen LogP contribution in [0, 0.1) is 5.92 Å². The third-order valence-electron chi connectivity index (χ3n) is 3.80. The zero-order chi connectivity index (χ0) is 13.8. The summed E-state index contributed by atoms with van der Waals surface area (Å²) in [6.07, 6.45) is 0.720. The van der Waals surface area contributed by atoms with Crippen LogP contribution < -0.4 is 5.73 Å². The Kier molecular flexibility index (Phi) is 4.39. The number of β-amino-alcohol motifs (C(OH)–C–C–N with tert-alkyl or cyclic N) is 1. The Morgan fingerprint density at radius 1 is 1.47 bits per heavy atom. The van der Waals surface area contributed by atoms with Gasteiger partial charge in [-0.05, 0) is 24.4 Å². The summed E-state index contributed by atoms with van der Waals surface area (Å²) in [5, 5.41) is 21.8. The molecule has 1 aliphatic heterocycles. The molecular formula is C14H21N3O2. The van der Waals surface area contributed by atoms with Gasteiger partial charge in [-0.15, -0.1) is 0 Å². The highest BCUT2D eigenvalue weighted by Crippen LogP contribution is 2.20. The van der Waals surface area contributed by atoms with E-state index in [1.54, 1.807) is 0 Å². The van der Waals surface area contributed by atoms with Crippen molar-refractivity contribution in [2.24, 2.45) is 16.8 Å². The van der Waals surface area contributed by atoms with Gasteiger partial charge in [-0.25, -0.2) is 0 Å². The van der Waals surface area contributed by atoms with Crippen LogP contribution in [-0.4, -0.2) is 40.2 Å². The molecule has 5 nitrogen and oxygen atoms in total. The SMILES string of the molecule is CC1CCN(Cc2ccccc2/C(N)=N/O)CC1O. The smallest absolute Gasteiger partial charge is 0.170 e. The maximum absolute atomic E-state index is 9.92. The Hall–Kier alpha value is -1.59. The molecule has 1 aliphatic rings. The van der Waals surface area contributed by atoms with Crippen molar-refractivity contribution in [2.45, 2.75) is 26.0 Å². The molecule has 0 aliphatic carbocycles. The number of aliphatic hydroxyl groups excluding tert-OH is 1. The molecule has 2 rings (SSSR count). The van der Waals surface area contributed by atoms with Gasteiger partial charge in [-0.3, -0.25) is 4.90 Å². The second-order valence-electron chi connectivity index (χ2n) is 5.21. The van der Waals surface area contributed by atoms with Crippen molar-refractivity contribution in [3.05, 3.63) is 35.4 Å². The first kappa shape index (κ1) is 13.8. The highest BCUT2D eigenvalue weighted by Gasteiger charge is 2.24. The first-order chi connectivity index (χ1) is 9.11. The lowest BCUT2D eigenvalue weighted by Crippen LogP contribution is -2.42. The summed E-state index contributed by atoms with van der Waals surface area (Å²) >= 11 is 0. The largest absolute Gasteiger partial charge is 0.409 e. The van der Waals surface area contributed by atoms with Gasteiger partial charge < -0.3 is 16.0 Å². The van der Waals surface area contributed by atoms with Gasteiger partial charge in [0, 0.05) is 18.7 Å². The number of likely N-dealkylation sites (tertiary alicyclic amines) is 1. The van der Waals surface area contributed by atoms with E-state index in [0.29, 0.717) is 19.0 Å². The second-order valence-corrected chi connectivity index (χ2v) is 5.21.